The molecular formula is C22H21N3O. The molecule has 0 bridgehead atoms. The van der Waals surface area contributed by atoms with E-state index in [0.717, 1.165) is 37.0 Å². The maximum absolute atomic E-state index is 12.2. The van der Waals surface area contributed by atoms with Crippen LogP contribution in [0.2, 0.25) is 0 Å². The molecule has 2 aromatic carbocycles. The van der Waals surface area contributed by atoms with Crippen molar-refractivity contribution in [2.24, 2.45) is 0 Å². The molecule has 0 fully saturated rings. The van der Waals surface area contributed by atoms with Gasteiger partial charge in [-0.2, -0.15) is 0 Å². The number of para-hydroxylation sites is 1. The third-order valence-corrected chi connectivity index (χ3v) is 4.75. The Balaban J connectivity index is 1.27. The number of H-pyrrole nitrogens is 1. The van der Waals surface area contributed by atoms with Gasteiger partial charge in [0.1, 0.15) is 5.69 Å². The lowest BCUT2D eigenvalue weighted by Crippen LogP contribution is -2.31. The maximum atomic E-state index is 12.2. The summed E-state index contributed by atoms with van der Waals surface area (Å²) in [7, 11) is 0. The van der Waals surface area contributed by atoms with Gasteiger partial charge in [-0.25, -0.2) is 0 Å². The van der Waals surface area contributed by atoms with Crippen molar-refractivity contribution in [2.45, 2.75) is 13.0 Å². The first-order chi connectivity index (χ1) is 12.8. The number of carbonyl (C=O) groups is 1. The summed E-state index contributed by atoms with van der Waals surface area (Å²) in [6.07, 6.45) is 1.08. The van der Waals surface area contributed by atoms with E-state index in [9.17, 15) is 4.79 Å². The third kappa shape index (κ3) is 3.63. The van der Waals surface area contributed by atoms with E-state index in [0.29, 0.717) is 12.2 Å². The van der Waals surface area contributed by atoms with Gasteiger partial charge in [-0.05, 0) is 29.7 Å². The van der Waals surface area contributed by atoms with Crippen molar-refractivity contribution in [3.8, 4) is 11.8 Å². The van der Waals surface area contributed by atoms with Crippen LogP contribution in [0.5, 0.6) is 0 Å². The summed E-state index contributed by atoms with van der Waals surface area (Å²) < 4.78 is 0. The molecule has 1 aliphatic rings. The van der Waals surface area contributed by atoms with Gasteiger partial charge in [0, 0.05) is 24.0 Å². The molecule has 0 unspecified atom stereocenters. The molecule has 4 nitrogen and oxygen atoms in total. The van der Waals surface area contributed by atoms with Gasteiger partial charge in [0.2, 0.25) is 0 Å². The van der Waals surface area contributed by atoms with E-state index in [2.05, 4.69) is 51.3 Å². The van der Waals surface area contributed by atoms with Gasteiger partial charge in [0.15, 0.2) is 0 Å². The second kappa shape index (κ2) is 7.47. The minimum absolute atomic E-state index is 0.123. The van der Waals surface area contributed by atoms with Crippen LogP contribution in [0.3, 0.4) is 0 Å². The number of nitrogens with one attached hydrogen (secondary N) is 2. The molecule has 3 aromatic rings. The Bertz CT molecular complexity index is 960. The largest absolute Gasteiger partial charge is 0.351 e. The van der Waals surface area contributed by atoms with E-state index in [-0.39, 0.29) is 5.91 Å². The standard InChI is InChI=1S/C22H21N3O/c26-22(21-15-18-8-3-4-10-20(18)24-21)23-12-5-6-13-25-14-11-17-7-1-2-9-19(17)16-25/h1-4,7-10,15,24H,11-14,16H2,(H,23,26). The number of hydrogen-bond acceptors (Lipinski definition) is 2. The lowest BCUT2D eigenvalue weighted by molar-refractivity contribution is 0.0954. The number of aromatic amines is 1. The fourth-order valence-corrected chi connectivity index (χ4v) is 3.33. The molecule has 0 radical (unpaired) electrons. The average molecular weight is 343 g/mol. The molecule has 1 aromatic heterocycles. The summed E-state index contributed by atoms with van der Waals surface area (Å²) in [6, 6.07) is 18.3. The van der Waals surface area contributed by atoms with Crippen LogP contribution in [0.4, 0.5) is 0 Å². The van der Waals surface area contributed by atoms with Gasteiger partial charge in [0.05, 0.1) is 13.1 Å². The van der Waals surface area contributed by atoms with Crippen LogP contribution in [-0.2, 0) is 13.0 Å². The van der Waals surface area contributed by atoms with Crippen molar-refractivity contribution in [1.82, 2.24) is 15.2 Å². The highest BCUT2D eigenvalue weighted by molar-refractivity contribution is 5.98. The Morgan fingerprint density at radius 2 is 1.88 bits per heavy atom. The summed E-state index contributed by atoms with van der Waals surface area (Å²) in [5.74, 6) is 6.10. The summed E-state index contributed by atoms with van der Waals surface area (Å²) in [5, 5.41) is 3.89. The number of fused-ring (bicyclic) bond motifs is 2. The fourth-order valence-electron chi connectivity index (χ4n) is 3.33. The number of amides is 1. The van der Waals surface area contributed by atoms with Gasteiger partial charge >= 0.3 is 0 Å². The normalized spacial score (nSPS) is 13.7. The Hall–Kier alpha value is -3.03. The second-order valence-electron chi connectivity index (χ2n) is 6.54. The number of carbonyl (C=O) groups excluding carboxylic acids is 1. The number of hydrogen-bond donors (Lipinski definition) is 2. The highest BCUT2D eigenvalue weighted by Gasteiger charge is 2.14. The predicted octanol–water partition coefficient (Wildman–Crippen LogP) is 2.96. The molecule has 0 spiro atoms. The minimum atomic E-state index is -0.123. The molecule has 0 saturated carbocycles. The molecule has 4 rings (SSSR count). The molecule has 2 heterocycles. The van der Waals surface area contributed by atoms with Crippen LogP contribution in [0.15, 0.2) is 54.6 Å². The molecule has 26 heavy (non-hydrogen) atoms. The van der Waals surface area contributed by atoms with Crippen molar-refractivity contribution in [3.05, 3.63) is 71.4 Å². The van der Waals surface area contributed by atoms with E-state index in [1.54, 1.807) is 0 Å². The van der Waals surface area contributed by atoms with E-state index < -0.39 is 0 Å². The summed E-state index contributed by atoms with van der Waals surface area (Å²) in [6.45, 7) is 3.08. The number of aromatic nitrogens is 1. The fraction of sp³-hybridized carbons (Fsp3) is 0.227. The first-order valence-electron chi connectivity index (χ1n) is 8.90. The smallest absolute Gasteiger partial charge is 0.268 e. The van der Waals surface area contributed by atoms with Crippen LogP contribution in [0.1, 0.15) is 21.6 Å². The summed E-state index contributed by atoms with van der Waals surface area (Å²) >= 11 is 0. The van der Waals surface area contributed by atoms with Gasteiger partial charge in [-0.15, -0.1) is 0 Å². The van der Waals surface area contributed by atoms with E-state index in [1.165, 1.54) is 11.1 Å². The quantitative estimate of drug-likeness (QED) is 0.719. The molecular weight excluding hydrogens is 322 g/mol. The molecule has 0 atom stereocenters. The first kappa shape index (κ1) is 16.4. The molecule has 2 N–H and O–H groups in total. The van der Waals surface area contributed by atoms with Crippen LogP contribution in [-0.4, -0.2) is 35.4 Å². The minimum Gasteiger partial charge on any atom is -0.351 e. The van der Waals surface area contributed by atoms with Crippen LogP contribution in [0.25, 0.3) is 10.9 Å². The lowest BCUT2D eigenvalue weighted by atomic mass is 10.0. The SMILES string of the molecule is O=C(NCC#CCN1CCc2ccccc2C1)c1cc2ccccc2[nH]1. The highest BCUT2D eigenvalue weighted by atomic mass is 16.1. The highest BCUT2D eigenvalue weighted by Crippen LogP contribution is 2.17. The maximum Gasteiger partial charge on any atom is 0.268 e. The number of benzene rings is 2. The van der Waals surface area contributed by atoms with Gasteiger partial charge < -0.3 is 10.3 Å². The molecule has 0 saturated heterocycles. The third-order valence-electron chi connectivity index (χ3n) is 4.75. The average Bonchev–Trinajstić information content (AvgIpc) is 3.12. The topological polar surface area (TPSA) is 48.1 Å². The number of rotatable bonds is 3. The summed E-state index contributed by atoms with van der Waals surface area (Å²) in [5.41, 5.74) is 4.38. The lowest BCUT2D eigenvalue weighted by Gasteiger charge is -2.26. The van der Waals surface area contributed by atoms with Gasteiger partial charge in [-0.3, -0.25) is 9.69 Å². The van der Waals surface area contributed by atoms with E-state index >= 15 is 0 Å². The zero-order valence-corrected chi connectivity index (χ0v) is 14.6. The van der Waals surface area contributed by atoms with Crippen LogP contribution in [0, 0.1) is 11.8 Å². The molecule has 0 aliphatic carbocycles. The first-order valence-corrected chi connectivity index (χ1v) is 8.90. The molecule has 4 heteroatoms. The van der Waals surface area contributed by atoms with E-state index in [1.807, 2.05) is 30.3 Å². The predicted molar refractivity (Wildman–Crippen MR) is 104 cm³/mol. The molecule has 1 aliphatic heterocycles. The Kier molecular flexibility index (Phi) is 4.72. The zero-order valence-electron chi connectivity index (χ0n) is 14.6. The van der Waals surface area contributed by atoms with Crippen molar-refractivity contribution < 1.29 is 4.79 Å². The molecule has 130 valence electrons. The summed E-state index contributed by atoms with van der Waals surface area (Å²) in [4.78, 5) is 17.7. The van der Waals surface area contributed by atoms with Crippen LogP contribution >= 0.6 is 0 Å². The van der Waals surface area contributed by atoms with Crippen molar-refractivity contribution in [2.75, 3.05) is 19.6 Å². The van der Waals surface area contributed by atoms with Crippen LogP contribution < -0.4 is 5.32 Å². The van der Waals surface area contributed by atoms with Crippen molar-refractivity contribution >= 4 is 16.8 Å². The Morgan fingerprint density at radius 1 is 1.08 bits per heavy atom. The second-order valence-corrected chi connectivity index (χ2v) is 6.54. The van der Waals surface area contributed by atoms with E-state index in [4.69, 9.17) is 0 Å². The Labute approximate surface area is 153 Å². The van der Waals surface area contributed by atoms with Gasteiger partial charge in [0.25, 0.3) is 5.91 Å². The monoisotopic (exact) mass is 343 g/mol. The zero-order chi connectivity index (χ0) is 17.8. The van der Waals surface area contributed by atoms with Crippen molar-refractivity contribution in [3.63, 3.8) is 0 Å². The molecule has 1 amide bonds. The Morgan fingerprint density at radius 3 is 2.77 bits per heavy atom. The number of nitrogens with zero attached hydrogens (tertiary/aromatic N) is 1. The van der Waals surface area contributed by atoms with Gasteiger partial charge in [-0.1, -0.05) is 54.3 Å². The van der Waals surface area contributed by atoms with Crippen molar-refractivity contribution in [1.29, 1.82) is 0 Å².